The van der Waals surface area contributed by atoms with Crippen LogP contribution in [0.3, 0.4) is 0 Å². The van der Waals surface area contributed by atoms with Crippen molar-refractivity contribution in [3.8, 4) is 0 Å². The van der Waals surface area contributed by atoms with Gasteiger partial charge in [0.1, 0.15) is 0 Å². The van der Waals surface area contributed by atoms with Gasteiger partial charge in [-0.2, -0.15) is 0 Å². The minimum Gasteiger partial charge on any atom is -0.664 e. The van der Waals surface area contributed by atoms with Crippen LogP contribution in [-0.2, 0) is 21.7 Å². The first kappa shape index (κ1) is 29.1. The fourth-order valence-corrected chi connectivity index (χ4v) is 8.97. The van der Waals surface area contributed by atoms with Crippen LogP contribution in [0.15, 0.2) is 0 Å². The smallest absolute Gasteiger partial charge is 0.664 e. The van der Waals surface area contributed by atoms with Crippen LogP contribution in [0.1, 0.15) is 58.8 Å². The minimum atomic E-state index is -1.44. The van der Waals surface area contributed by atoms with Crippen LogP contribution in [0.2, 0.25) is 18.6 Å². The first-order chi connectivity index (χ1) is 10.5. The largest absolute Gasteiger partial charge is 4.00 e. The van der Waals surface area contributed by atoms with Gasteiger partial charge in [0.15, 0.2) is 0 Å². The standard InChI is InChI=1S/C19H37N2Si.3CH3.Ti/c1-15(2)14-20-22(3,4)19-13-18(21-11-7-8-12-21)16-9-5-6-10-17(16)19;;;;/h15-19H,5-14H2,1-4H3;3*1H3;/q4*-1;+4. The molecular formula is C22H46N2SiTi. The second kappa shape index (κ2) is 12.4. The zero-order valence-corrected chi connectivity index (χ0v) is 21.4. The normalized spacial score (nSPS) is 31.3. The number of hydrogen-bond donors (Lipinski definition) is 0. The molecule has 0 N–H and O–H groups in total. The topological polar surface area (TPSA) is 17.3 Å². The van der Waals surface area contributed by atoms with Crippen LogP contribution in [0.25, 0.3) is 4.98 Å². The molecule has 3 aliphatic rings. The molecule has 4 heteroatoms. The maximum Gasteiger partial charge on any atom is 4.00 e. The van der Waals surface area contributed by atoms with E-state index in [0.717, 1.165) is 35.9 Å². The Morgan fingerprint density at radius 2 is 1.46 bits per heavy atom. The molecule has 2 aliphatic carbocycles. The predicted octanol–water partition coefficient (Wildman–Crippen LogP) is 6.61. The van der Waals surface area contributed by atoms with E-state index in [0.29, 0.717) is 0 Å². The van der Waals surface area contributed by atoms with Crippen LogP contribution < -0.4 is 0 Å². The molecule has 4 unspecified atom stereocenters. The van der Waals surface area contributed by atoms with Gasteiger partial charge < -0.3 is 32.2 Å². The summed E-state index contributed by atoms with van der Waals surface area (Å²) in [5.41, 5.74) is 0.960. The van der Waals surface area contributed by atoms with Gasteiger partial charge in [-0.1, -0.05) is 65.9 Å². The number of nitrogens with zero attached hydrogens (tertiary/aromatic N) is 2. The first-order valence-electron chi connectivity index (χ1n) is 9.92. The minimum absolute atomic E-state index is 0. The van der Waals surface area contributed by atoms with Gasteiger partial charge in [-0.25, -0.2) is 0 Å². The van der Waals surface area contributed by atoms with Gasteiger partial charge in [0, 0.05) is 6.04 Å². The van der Waals surface area contributed by atoms with Gasteiger partial charge >= 0.3 is 21.7 Å². The summed E-state index contributed by atoms with van der Waals surface area (Å²) in [6, 6.07) is 0.916. The maximum atomic E-state index is 5.31. The molecule has 0 amide bonds. The molecule has 0 aromatic heterocycles. The summed E-state index contributed by atoms with van der Waals surface area (Å²) >= 11 is 0. The third-order valence-corrected chi connectivity index (χ3v) is 10.2. The molecule has 0 bridgehead atoms. The van der Waals surface area contributed by atoms with Gasteiger partial charge in [-0.15, -0.1) is 6.54 Å². The van der Waals surface area contributed by atoms with E-state index in [-0.39, 0.29) is 44.0 Å². The van der Waals surface area contributed by atoms with Crippen LogP contribution in [-0.4, -0.2) is 38.8 Å². The summed E-state index contributed by atoms with van der Waals surface area (Å²) in [4.78, 5) is 8.18. The Labute approximate surface area is 182 Å². The van der Waals surface area contributed by atoms with Crippen LogP contribution in [0.4, 0.5) is 0 Å². The molecule has 152 valence electrons. The molecule has 0 aromatic carbocycles. The molecule has 26 heavy (non-hydrogen) atoms. The number of rotatable bonds is 5. The molecule has 0 spiro atoms. The molecule has 1 aliphatic heterocycles. The van der Waals surface area contributed by atoms with E-state index in [1.54, 1.807) is 0 Å². The Morgan fingerprint density at radius 1 is 0.923 bits per heavy atom. The predicted molar refractivity (Wildman–Crippen MR) is 118 cm³/mol. The van der Waals surface area contributed by atoms with Crippen molar-refractivity contribution in [2.24, 2.45) is 17.8 Å². The van der Waals surface area contributed by atoms with Crippen LogP contribution in [0.5, 0.6) is 0 Å². The van der Waals surface area contributed by atoms with E-state index >= 15 is 0 Å². The molecule has 1 heterocycles. The molecule has 4 atom stereocenters. The Balaban J connectivity index is 0. The van der Waals surface area contributed by atoms with E-state index in [4.69, 9.17) is 4.98 Å². The van der Waals surface area contributed by atoms with Gasteiger partial charge in [0.05, 0.1) is 0 Å². The molecular weight excluding hydrogens is 368 g/mol. The van der Waals surface area contributed by atoms with Gasteiger partial charge in [0.25, 0.3) is 0 Å². The van der Waals surface area contributed by atoms with Crippen molar-refractivity contribution in [1.29, 1.82) is 0 Å². The number of fused-ring (bicyclic) bond motifs is 1. The Bertz CT molecular complexity index is 369. The average Bonchev–Trinajstić information content (AvgIpc) is 3.12. The molecule has 0 radical (unpaired) electrons. The Kier molecular flexibility index (Phi) is 13.9. The monoisotopic (exact) mass is 414 g/mol. The fraction of sp³-hybridized carbons (Fsp3) is 0.864. The Hall–Kier alpha value is 0.851. The van der Waals surface area contributed by atoms with E-state index in [9.17, 15) is 0 Å². The molecule has 3 fully saturated rings. The second-order valence-electron chi connectivity index (χ2n) is 9.15. The fourth-order valence-electron chi connectivity index (χ4n) is 5.62. The van der Waals surface area contributed by atoms with E-state index in [1.807, 2.05) is 0 Å². The van der Waals surface area contributed by atoms with Gasteiger partial charge in [0.2, 0.25) is 0 Å². The SMILES string of the molecule is CC(C)C[N-][Si](C)(C)C1CC(N2CCCC2)C2CCCCC21.[CH3-].[CH3-].[CH3-].[Ti+4]. The van der Waals surface area contributed by atoms with Crippen molar-refractivity contribution in [3.63, 3.8) is 0 Å². The molecule has 2 nitrogen and oxygen atoms in total. The van der Waals surface area contributed by atoms with Gasteiger partial charge in [-0.05, 0) is 50.6 Å². The third kappa shape index (κ3) is 6.44. The summed E-state index contributed by atoms with van der Waals surface area (Å²) in [5.74, 6) is 2.75. The average molecular weight is 415 g/mol. The summed E-state index contributed by atoms with van der Waals surface area (Å²) in [6.07, 6.45) is 10.4. The van der Waals surface area contributed by atoms with Crippen molar-refractivity contribution >= 4 is 8.24 Å². The summed E-state index contributed by atoms with van der Waals surface area (Å²) in [7, 11) is -1.44. The zero-order chi connectivity index (χ0) is 15.7. The maximum absolute atomic E-state index is 5.31. The van der Waals surface area contributed by atoms with Crippen LogP contribution in [0, 0.1) is 40.0 Å². The van der Waals surface area contributed by atoms with Crippen molar-refractivity contribution < 1.29 is 21.7 Å². The van der Waals surface area contributed by atoms with E-state index in [2.05, 4.69) is 31.8 Å². The first-order valence-corrected chi connectivity index (χ1v) is 12.9. The van der Waals surface area contributed by atoms with E-state index < -0.39 is 8.24 Å². The summed E-state index contributed by atoms with van der Waals surface area (Å²) < 4.78 is 0. The number of hydrogen-bond acceptors (Lipinski definition) is 1. The zero-order valence-electron chi connectivity index (χ0n) is 18.9. The van der Waals surface area contributed by atoms with Crippen molar-refractivity contribution in [2.75, 3.05) is 19.6 Å². The summed E-state index contributed by atoms with van der Waals surface area (Å²) in [5, 5.41) is 0. The quantitative estimate of drug-likeness (QED) is 0.365. The molecule has 1 saturated heterocycles. The van der Waals surface area contributed by atoms with Crippen molar-refractivity contribution in [3.05, 3.63) is 27.3 Å². The molecule has 0 aromatic rings. The molecule has 3 rings (SSSR count). The van der Waals surface area contributed by atoms with Gasteiger partial charge in [-0.3, -0.25) is 0 Å². The van der Waals surface area contributed by atoms with Crippen molar-refractivity contribution in [2.45, 2.75) is 83.5 Å². The van der Waals surface area contributed by atoms with Crippen LogP contribution >= 0.6 is 0 Å². The third-order valence-electron chi connectivity index (χ3n) is 6.76. The van der Waals surface area contributed by atoms with E-state index in [1.165, 1.54) is 58.0 Å². The Morgan fingerprint density at radius 3 is 2.00 bits per heavy atom. The summed E-state index contributed by atoms with van der Waals surface area (Å²) in [6.45, 7) is 13.6. The molecule has 2 saturated carbocycles. The van der Waals surface area contributed by atoms with Crippen molar-refractivity contribution in [1.82, 2.24) is 4.90 Å². The second-order valence-corrected chi connectivity index (χ2v) is 13.5. The number of likely N-dealkylation sites (tertiary alicyclic amines) is 1.